The van der Waals surface area contributed by atoms with E-state index in [1.54, 1.807) is 46.2 Å². The molecule has 1 heterocycles. The Balaban J connectivity index is 2.02. The van der Waals surface area contributed by atoms with Crippen LogP contribution in [0.2, 0.25) is 0 Å². The van der Waals surface area contributed by atoms with Gasteiger partial charge in [0.25, 0.3) is 5.91 Å². The van der Waals surface area contributed by atoms with E-state index in [0.717, 1.165) is 24.2 Å². The number of carbonyl (C=O) groups is 6. The molecule has 1 saturated carbocycles. The summed E-state index contributed by atoms with van der Waals surface area (Å²) in [5.74, 6) is -0.738. The molecule has 8 atom stereocenters. The van der Waals surface area contributed by atoms with Crippen LogP contribution in [0.15, 0.2) is 12.2 Å². The summed E-state index contributed by atoms with van der Waals surface area (Å²) >= 11 is 0. The molecule has 0 aromatic carbocycles. The van der Waals surface area contributed by atoms with Crippen LogP contribution >= 0.6 is 0 Å². The number of carbonyl (C=O) groups excluding carboxylic acids is 6. The van der Waals surface area contributed by atoms with Gasteiger partial charge < -0.3 is 29.5 Å². The van der Waals surface area contributed by atoms with Crippen LogP contribution < -0.4 is 5.32 Å². The summed E-state index contributed by atoms with van der Waals surface area (Å²) in [7, 11) is 6.57. The van der Waals surface area contributed by atoms with Gasteiger partial charge in [-0.05, 0) is 62.4 Å². The fourth-order valence-electron chi connectivity index (χ4n) is 7.90. The third-order valence-electron chi connectivity index (χ3n) is 11.0. The minimum atomic E-state index is -0.786. The van der Waals surface area contributed by atoms with Crippen molar-refractivity contribution < 1.29 is 38.2 Å². The van der Waals surface area contributed by atoms with Gasteiger partial charge in [0, 0.05) is 47.3 Å². The molecule has 1 aliphatic carbocycles. The molecule has 0 spiro atoms. The summed E-state index contributed by atoms with van der Waals surface area (Å²) in [5, 5.41) is 2.77. The van der Waals surface area contributed by atoms with Crippen LogP contribution in [0.4, 0.5) is 0 Å². The quantitative estimate of drug-likeness (QED) is 0.0953. The first-order valence-electron chi connectivity index (χ1n) is 19.1. The maximum absolute atomic E-state index is 13.9. The molecule has 52 heavy (non-hydrogen) atoms. The number of ether oxygens (including phenoxy) is 2. The molecule has 13 heteroatoms. The highest BCUT2D eigenvalue weighted by atomic mass is 16.5. The van der Waals surface area contributed by atoms with Crippen molar-refractivity contribution >= 4 is 35.9 Å². The van der Waals surface area contributed by atoms with E-state index >= 15 is 0 Å². The number of likely N-dealkylation sites (N-methyl/N-ethyl adjacent to an activating group) is 2. The standard InChI is InChI=1S/C39H67N5O8/c1-12-17-33(47)43(24-45)19-16-14-15-18-32(46)41(8)36(25(3)4)39(50)40-23-35(49)42(9)37(27(7)13-2)31(51-10)22-34(48)44-29-20-28(29)21-30(44)38(52-11)26(5)6/h12,17,24-31,36-38H,13-16,18-23H2,1-11H3,(H,40,50)/b17-12-/t27?,28?,29?,30?,31?,36-,37-,38?/m0/s1. The second-order valence-electron chi connectivity index (χ2n) is 15.3. The molecule has 6 unspecified atom stereocenters. The Hall–Kier alpha value is -3.32. The molecule has 1 aliphatic heterocycles. The number of amides is 6. The van der Waals surface area contributed by atoms with E-state index < -0.39 is 24.1 Å². The summed E-state index contributed by atoms with van der Waals surface area (Å²) in [6.45, 7) is 13.7. The van der Waals surface area contributed by atoms with Crippen LogP contribution in [0.5, 0.6) is 0 Å². The number of nitrogens with one attached hydrogen (secondary N) is 1. The second kappa shape index (κ2) is 21.4. The molecule has 2 rings (SSSR count). The van der Waals surface area contributed by atoms with Crippen molar-refractivity contribution in [3.63, 3.8) is 0 Å². The lowest BCUT2D eigenvalue weighted by Crippen LogP contribution is -2.55. The van der Waals surface area contributed by atoms with E-state index in [2.05, 4.69) is 19.2 Å². The predicted octanol–water partition coefficient (Wildman–Crippen LogP) is 3.65. The molecular weight excluding hydrogens is 666 g/mol. The molecule has 6 amide bonds. The lowest BCUT2D eigenvalue weighted by molar-refractivity contribution is -0.146. The number of methoxy groups -OCH3 is 2. The van der Waals surface area contributed by atoms with E-state index in [1.807, 2.05) is 32.6 Å². The van der Waals surface area contributed by atoms with Gasteiger partial charge in [-0.15, -0.1) is 0 Å². The number of allylic oxidation sites excluding steroid dienone is 1. The predicted molar refractivity (Wildman–Crippen MR) is 200 cm³/mol. The largest absolute Gasteiger partial charge is 0.379 e. The Labute approximate surface area is 312 Å². The minimum Gasteiger partial charge on any atom is -0.379 e. The molecule has 13 nitrogen and oxygen atoms in total. The number of hydrogen-bond acceptors (Lipinski definition) is 8. The summed E-state index contributed by atoms with van der Waals surface area (Å²) in [6.07, 6.45) is 7.59. The zero-order valence-electron chi connectivity index (χ0n) is 33.6. The van der Waals surface area contributed by atoms with Gasteiger partial charge in [-0.3, -0.25) is 33.7 Å². The molecule has 296 valence electrons. The van der Waals surface area contributed by atoms with Gasteiger partial charge in [0.15, 0.2) is 0 Å². The first-order valence-corrected chi connectivity index (χ1v) is 19.1. The number of fused-ring (bicyclic) bond motifs is 1. The number of imide groups is 1. The molecule has 0 bridgehead atoms. The lowest BCUT2D eigenvalue weighted by atomic mass is 9.90. The smallest absolute Gasteiger partial charge is 0.252 e. The molecular formula is C39H67N5O8. The first-order chi connectivity index (χ1) is 24.6. The number of piperidine rings is 1. The van der Waals surface area contributed by atoms with Crippen LogP contribution in [0.1, 0.15) is 99.8 Å². The fraction of sp³-hybridized carbons (Fsp3) is 0.795. The average molecular weight is 734 g/mol. The maximum atomic E-state index is 13.9. The van der Waals surface area contributed by atoms with Gasteiger partial charge in [0.1, 0.15) is 6.04 Å². The van der Waals surface area contributed by atoms with E-state index in [0.29, 0.717) is 31.6 Å². The van der Waals surface area contributed by atoms with E-state index in [1.165, 1.54) is 11.0 Å². The number of likely N-dealkylation sites (tertiary alicyclic amines) is 1. The zero-order valence-corrected chi connectivity index (χ0v) is 33.6. The fourth-order valence-corrected chi connectivity index (χ4v) is 7.90. The van der Waals surface area contributed by atoms with Gasteiger partial charge in [-0.25, -0.2) is 0 Å². The first kappa shape index (κ1) is 44.8. The van der Waals surface area contributed by atoms with Crippen LogP contribution in [0.25, 0.3) is 0 Å². The van der Waals surface area contributed by atoms with Crippen molar-refractivity contribution in [2.45, 2.75) is 136 Å². The van der Waals surface area contributed by atoms with Crippen molar-refractivity contribution in [2.24, 2.45) is 23.7 Å². The molecule has 2 aliphatic rings. The molecule has 0 aromatic heterocycles. The Bertz CT molecular complexity index is 1240. The highest BCUT2D eigenvalue weighted by molar-refractivity contribution is 5.94. The lowest BCUT2D eigenvalue weighted by Gasteiger charge is -2.40. The van der Waals surface area contributed by atoms with Crippen molar-refractivity contribution in [2.75, 3.05) is 41.4 Å². The summed E-state index contributed by atoms with van der Waals surface area (Å²) in [6, 6.07) is -0.936. The third kappa shape index (κ3) is 11.8. The third-order valence-corrected chi connectivity index (χ3v) is 11.0. The van der Waals surface area contributed by atoms with E-state index in [4.69, 9.17) is 9.47 Å². The van der Waals surface area contributed by atoms with Crippen LogP contribution in [0, 0.1) is 23.7 Å². The molecule has 1 saturated heterocycles. The van der Waals surface area contributed by atoms with Crippen molar-refractivity contribution in [3.8, 4) is 0 Å². The number of hydrogen-bond donors (Lipinski definition) is 1. The summed E-state index contributed by atoms with van der Waals surface area (Å²) < 4.78 is 11.8. The number of unbranched alkanes of at least 4 members (excludes halogenated alkanes) is 2. The van der Waals surface area contributed by atoms with Crippen molar-refractivity contribution in [1.82, 2.24) is 24.9 Å². The Kier molecular flexibility index (Phi) is 18.5. The van der Waals surface area contributed by atoms with Crippen molar-refractivity contribution in [3.05, 3.63) is 12.2 Å². The maximum Gasteiger partial charge on any atom is 0.252 e. The van der Waals surface area contributed by atoms with Gasteiger partial charge >= 0.3 is 0 Å². The number of nitrogens with zero attached hydrogens (tertiary/aromatic N) is 4. The molecule has 0 aromatic rings. The zero-order chi connectivity index (χ0) is 39.3. The molecule has 1 N–H and O–H groups in total. The highest BCUT2D eigenvalue weighted by Gasteiger charge is 2.56. The SMILES string of the molecule is C/C=C\C(=O)N(C=O)CCCCCC(=O)N(C)[C@H](C(=O)NCC(=O)N(C)[C@@H](C(C)CC)C(CC(=O)N1C2CC2CC1C(OC)C(C)C)OC)C(C)C. The average Bonchev–Trinajstić information content (AvgIpc) is 3.76. The van der Waals surface area contributed by atoms with Gasteiger partial charge in [0.05, 0.1) is 37.3 Å². The summed E-state index contributed by atoms with van der Waals surface area (Å²) in [5.41, 5.74) is 0. The Morgan fingerprint density at radius 2 is 1.58 bits per heavy atom. The van der Waals surface area contributed by atoms with Gasteiger partial charge in [0.2, 0.25) is 30.0 Å². The van der Waals surface area contributed by atoms with Gasteiger partial charge in [-0.1, -0.05) is 60.5 Å². The monoisotopic (exact) mass is 733 g/mol. The molecule has 0 radical (unpaired) electrons. The topological polar surface area (TPSA) is 146 Å². The van der Waals surface area contributed by atoms with Crippen LogP contribution in [0.3, 0.4) is 0 Å². The molecule has 2 fully saturated rings. The Morgan fingerprint density at radius 1 is 0.904 bits per heavy atom. The van der Waals surface area contributed by atoms with Gasteiger partial charge in [-0.2, -0.15) is 0 Å². The van der Waals surface area contributed by atoms with Crippen molar-refractivity contribution in [1.29, 1.82) is 0 Å². The minimum absolute atomic E-state index is 0.00943. The van der Waals surface area contributed by atoms with Crippen LogP contribution in [-0.4, -0.2) is 133 Å². The second-order valence-corrected chi connectivity index (χ2v) is 15.3. The highest BCUT2D eigenvalue weighted by Crippen LogP contribution is 2.50. The normalized spacial score (nSPS) is 20.9. The summed E-state index contributed by atoms with van der Waals surface area (Å²) in [4.78, 5) is 83.4. The van der Waals surface area contributed by atoms with Crippen LogP contribution in [-0.2, 0) is 38.2 Å². The number of rotatable bonds is 23. The van der Waals surface area contributed by atoms with E-state index in [-0.39, 0.29) is 85.5 Å². The Morgan fingerprint density at radius 3 is 2.12 bits per heavy atom. The van der Waals surface area contributed by atoms with E-state index in [9.17, 15) is 28.8 Å².